The zero-order valence-corrected chi connectivity index (χ0v) is 33.2. The fraction of sp³-hybridized carbons (Fsp3) is 0. The van der Waals surface area contributed by atoms with Gasteiger partial charge in [0.1, 0.15) is 0 Å². The average Bonchev–Trinajstić information content (AvgIpc) is 3.67. The number of rotatable bonds is 6. The molecule has 0 aliphatic rings. The van der Waals surface area contributed by atoms with Crippen LogP contribution in [0.1, 0.15) is 0 Å². The number of hydrogen-bond acceptors (Lipinski definition) is 2. The highest BCUT2D eigenvalue weighted by Gasteiger charge is 2.17. The number of hydrogen-bond donors (Lipinski definition) is 0. The summed E-state index contributed by atoms with van der Waals surface area (Å²) in [6, 6.07) is 80.4. The molecule has 2 aromatic heterocycles. The van der Waals surface area contributed by atoms with Gasteiger partial charge in [-0.2, -0.15) is 0 Å². The van der Waals surface area contributed by atoms with Crippen molar-refractivity contribution in [2.75, 3.05) is 0 Å². The van der Waals surface area contributed by atoms with Crippen LogP contribution >= 0.6 is 0 Å². The molecule has 12 rings (SSSR count). The van der Waals surface area contributed by atoms with Crippen molar-refractivity contribution in [3.63, 3.8) is 0 Å². The third-order valence-electron chi connectivity index (χ3n) is 12.3. The molecule has 0 fully saturated rings. The van der Waals surface area contributed by atoms with Crippen molar-refractivity contribution in [1.29, 1.82) is 0 Å². The second kappa shape index (κ2) is 14.3. The van der Waals surface area contributed by atoms with E-state index in [0.29, 0.717) is 5.82 Å². The molecule has 0 aliphatic heterocycles. The van der Waals surface area contributed by atoms with Crippen LogP contribution in [0.2, 0.25) is 0 Å². The Labute approximate surface area is 353 Å². The zero-order valence-electron chi connectivity index (χ0n) is 33.2. The first-order valence-electron chi connectivity index (χ1n) is 20.8. The van der Waals surface area contributed by atoms with Crippen LogP contribution in [-0.4, -0.2) is 14.5 Å². The molecule has 0 saturated carbocycles. The molecule has 0 amide bonds. The first-order valence-corrected chi connectivity index (χ1v) is 20.8. The summed E-state index contributed by atoms with van der Waals surface area (Å²) < 4.78 is 2.37. The molecule has 2 heterocycles. The van der Waals surface area contributed by atoms with Gasteiger partial charge in [0.05, 0.1) is 22.4 Å². The molecule has 284 valence electrons. The van der Waals surface area contributed by atoms with Gasteiger partial charge < -0.3 is 4.57 Å². The van der Waals surface area contributed by atoms with Crippen LogP contribution in [-0.2, 0) is 0 Å². The van der Waals surface area contributed by atoms with E-state index in [1.54, 1.807) is 0 Å². The van der Waals surface area contributed by atoms with Gasteiger partial charge in [0.15, 0.2) is 5.82 Å². The van der Waals surface area contributed by atoms with Gasteiger partial charge in [-0.1, -0.05) is 194 Å². The average molecular weight is 776 g/mol. The fourth-order valence-electron chi connectivity index (χ4n) is 9.34. The van der Waals surface area contributed by atoms with E-state index in [4.69, 9.17) is 9.97 Å². The summed E-state index contributed by atoms with van der Waals surface area (Å²) in [7, 11) is 0. The van der Waals surface area contributed by atoms with Crippen molar-refractivity contribution in [2.24, 2.45) is 0 Å². The van der Waals surface area contributed by atoms with Crippen molar-refractivity contribution >= 4 is 54.1 Å². The monoisotopic (exact) mass is 775 g/mol. The molecule has 3 heteroatoms. The maximum absolute atomic E-state index is 5.27. The standard InChI is InChI=1S/C58H37N3/c1-3-17-44-38(13-1)15-11-23-50(44)54-37-55(51-24-12-16-39-14-2-4-18-45(39)51)60-58(59-54)42-29-27-40(28-30-42)46-35-36-47(49-20-6-5-19-48(46)49)41-31-33-43(34-32-41)61-56-25-9-7-21-52(56)53-22-8-10-26-57(53)61/h1-37H. The van der Waals surface area contributed by atoms with E-state index in [9.17, 15) is 0 Å². The third-order valence-corrected chi connectivity index (χ3v) is 12.3. The van der Waals surface area contributed by atoms with E-state index in [2.05, 4.69) is 229 Å². The van der Waals surface area contributed by atoms with Crippen LogP contribution in [0.5, 0.6) is 0 Å². The summed E-state index contributed by atoms with van der Waals surface area (Å²) in [5, 5.41) is 9.68. The molecular weight excluding hydrogens is 739 g/mol. The highest BCUT2D eigenvalue weighted by Crippen LogP contribution is 2.39. The zero-order chi connectivity index (χ0) is 40.3. The molecular formula is C58H37N3. The van der Waals surface area contributed by atoms with E-state index in [0.717, 1.165) is 39.3 Å². The van der Waals surface area contributed by atoms with Crippen molar-refractivity contribution in [1.82, 2.24) is 14.5 Å². The summed E-state index contributed by atoms with van der Waals surface area (Å²) in [6.45, 7) is 0. The molecule has 0 radical (unpaired) electrons. The Hall–Kier alpha value is -8.14. The largest absolute Gasteiger partial charge is 0.309 e. The first kappa shape index (κ1) is 34.9. The Bertz CT molecular complexity index is 3470. The van der Waals surface area contributed by atoms with Crippen LogP contribution in [0, 0.1) is 0 Å². The molecule has 61 heavy (non-hydrogen) atoms. The minimum absolute atomic E-state index is 0.699. The molecule has 0 aliphatic carbocycles. The lowest BCUT2D eigenvalue weighted by molar-refractivity contribution is 1.18. The minimum atomic E-state index is 0.699. The second-order valence-electron chi connectivity index (χ2n) is 15.7. The molecule has 10 aromatic carbocycles. The maximum Gasteiger partial charge on any atom is 0.160 e. The van der Waals surface area contributed by atoms with E-state index >= 15 is 0 Å². The van der Waals surface area contributed by atoms with Gasteiger partial charge in [0, 0.05) is 33.2 Å². The van der Waals surface area contributed by atoms with E-state index in [1.165, 1.54) is 70.8 Å². The third kappa shape index (κ3) is 5.90. The quantitative estimate of drug-likeness (QED) is 0.168. The highest BCUT2D eigenvalue weighted by molar-refractivity contribution is 6.09. The van der Waals surface area contributed by atoms with Gasteiger partial charge in [-0.15, -0.1) is 0 Å². The van der Waals surface area contributed by atoms with E-state index < -0.39 is 0 Å². The van der Waals surface area contributed by atoms with Crippen LogP contribution in [0.15, 0.2) is 224 Å². The second-order valence-corrected chi connectivity index (χ2v) is 15.7. The fourth-order valence-corrected chi connectivity index (χ4v) is 9.34. The molecule has 0 atom stereocenters. The molecule has 0 unspecified atom stereocenters. The smallest absolute Gasteiger partial charge is 0.160 e. The molecule has 12 aromatic rings. The number of fused-ring (bicyclic) bond motifs is 6. The van der Waals surface area contributed by atoms with Crippen molar-refractivity contribution < 1.29 is 0 Å². The minimum Gasteiger partial charge on any atom is -0.309 e. The summed E-state index contributed by atoms with van der Waals surface area (Å²) in [5.74, 6) is 0.699. The van der Waals surface area contributed by atoms with Gasteiger partial charge in [-0.05, 0) is 84.9 Å². The van der Waals surface area contributed by atoms with Crippen molar-refractivity contribution in [2.45, 2.75) is 0 Å². The van der Waals surface area contributed by atoms with Crippen LogP contribution < -0.4 is 0 Å². The van der Waals surface area contributed by atoms with E-state index in [-0.39, 0.29) is 0 Å². The Morgan fingerprint density at radius 3 is 1.18 bits per heavy atom. The summed E-state index contributed by atoms with van der Waals surface area (Å²) in [5.41, 5.74) is 13.3. The molecule has 0 spiro atoms. The Kier molecular flexibility index (Phi) is 8.17. The number of aromatic nitrogens is 3. The molecule has 0 bridgehead atoms. The lowest BCUT2D eigenvalue weighted by Crippen LogP contribution is -1.97. The Morgan fingerprint density at radius 2 is 0.672 bits per heavy atom. The first-order chi connectivity index (χ1) is 30.2. The Morgan fingerprint density at radius 1 is 0.279 bits per heavy atom. The summed E-state index contributed by atoms with van der Waals surface area (Å²) in [6.07, 6.45) is 0. The predicted octanol–water partition coefficient (Wildman–Crippen LogP) is 15.4. The van der Waals surface area contributed by atoms with Gasteiger partial charge in [0.25, 0.3) is 0 Å². The van der Waals surface area contributed by atoms with Crippen LogP contribution in [0.25, 0.3) is 116 Å². The maximum atomic E-state index is 5.27. The lowest BCUT2D eigenvalue weighted by atomic mass is 9.91. The van der Waals surface area contributed by atoms with Crippen LogP contribution in [0.3, 0.4) is 0 Å². The van der Waals surface area contributed by atoms with Crippen molar-refractivity contribution in [3.05, 3.63) is 224 Å². The van der Waals surface area contributed by atoms with Gasteiger partial charge in [0.2, 0.25) is 0 Å². The number of benzene rings is 10. The van der Waals surface area contributed by atoms with Crippen LogP contribution in [0.4, 0.5) is 0 Å². The Balaban J connectivity index is 0.929. The summed E-state index contributed by atoms with van der Waals surface area (Å²) >= 11 is 0. The van der Waals surface area contributed by atoms with Gasteiger partial charge in [-0.25, -0.2) is 9.97 Å². The molecule has 0 saturated heterocycles. The lowest BCUT2D eigenvalue weighted by Gasteiger charge is -2.14. The molecule has 0 N–H and O–H groups in total. The predicted molar refractivity (Wildman–Crippen MR) is 256 cm³/mol. The number of para-hydroxylation sites is 2. The van der Waals surface area contributed by atoms with Gasteiger partial charge in [-0.3, -0.25) is 0 Å². The number of nitrogens with zero attached hydrogens (tertiary/aromatic N) is 3. The molecule has 3 nitrogen and oxygen atoms in total. The SMILES string of the molecule is c1ccc2c(-c3cc(-c4cccc5ccccc45)nc(-c4ccc(-c5ccc(-c6ccc(-n7c8ccccc8c8ccccc87)cc6)c6ccccc56)cc4)n3)cccc2c1. The topological polar surface area (TPSA) is 30.7 Å². The normalized spacial score (nSPS) is 11.6. The summed E-state index contributed by atoms with van der Waals surface area (Å²) in [4.78, 5) is 10.5. The van der Waals surface area contributed by atoms with Gasteiger partial charge >= 0.3 is 0 Å². The highest BCUT2D eigenvalue weighted by atomic mass is 15.0. The van der Waals surface area contributed by atoms with E-state index in [1.807, 2.05) is 0 Å². The van der Waals surface area contributed by atoms with Crippen molar-refractivity contribution in [3.8, 4) is 61.8 Å².